The zero-order chi connectivity index (χ0) is 12.5. The van der Waals surface area contributed by atoms with E-state index < -0.39 is 6.10 Å². The van der Waals surface area contributed by atoms with E-state index in [4.69, 9.17) is 16.0 Å². The number of aliphatic hydroxyl groups is 1. The van der Waals surface area contributed by atoms with Crippen LogP contribution in [0.4, 0.5) is 0 Å². The van der Waals surface area contributed by atoms with E-state index in [1.165, 1.54) is 25.7 Å². The van der Waals surface area contributed by atoms with E-state index in [-0.39, 0.29) is 0 Å². The van der Waals surface area contributed by atoms with Crippen LogP contribution in [0.5, 0.6) is 0 Å². The van der Waals surface area contributed by atoms with Crippen molar-refractivity contribution in [3.8, 4) is 0 Å². The van der Waals surface area contributed by atoms with Crippen LogP contribution in [0.1, 0.15) is 44.0 Å². The molecule has 1 N–H and O–H groups in total. The summed E-state index contributed by atoms with van der Waals surface area (Å²) in [6.07, 6.45) is 5.36. The summed E-state index contributed by atoms with van der Waals surface area (Å²) in [4.78, 5) is 0. The highest BCUT2D eigenvalue weighted by Gasteiger charge is 2.22. The van der Waals surface area contributed by atoms with Crippen molar-refractivity contribution in [1.29, 1.82) is 0 Å². The van der Waals surface area contributed by atoms with Gasteiger partial charge in [-0.2, -0.15) is 0 Å². The van der Waals surface area contributed by atoms with Gasteiger partial charge < -0.3 is 9.52 Å². The second kappa shape index (κ2) is 4.94. The molecule has 0 aliphatic heterocycles. The summed E-state index contributed by atoms with van der Waals surface area (Å²) in [5.41, 5.74) is 0.680. The Morgan fingerprint density at radius 1 is 1.33 bits per heavy atom. The largest absolute Gasteiger partial charge is 0.457 e. The maximum Gasteiger partial charge on any atom is 0.152 e. The van der Waals surface area contributed by atoms with E-state index >= 15 is 0 Å². The van der Waals surface area contributed by atoms with Gasteiger partial charge >= 0.3 is 0 Å². The fourth-order valence-electron chi connectivity index (χ4n) is 2.89. The topological polar surface area (TPSA) is 33.4 Å². The molecule has 2 aromatic rings. The molecule has 1 unspecified atom stereocenters. The van der Waals surface area contributed by atoms with E-state index in [1.54, 1.807) is 6.07 Å². The smallest absolute Gasteiger partial charge is 0.152 e. The van der Waals surface area contributed by atoms with E-state index in [2.05, 4.69) is 0 Å². The summed E-state index contributed by atoms with van der Waals surface area (Å²) in [5, 5.41) is 11.8. The minimum atomic E-state index is -0.503. The minimum Gasteiger partial charge on any atom is -0.457 e. The van der Waals surface area contributed by atoms with Crippen molar-refractivity contribution >= 4 is 22.6 Å². The quantitative estimate of drug-likeness (QED) is 0.872. The van der Waals surface area contributed by atoms with Crippen LogP contribution in [0.2, 0.25) is 5.02 Å². The molecular formula is C15H17ClO2. The first-order valence-corrected chi connectivity index (χ1v) is 6.98. The van der Waals surface area contributed by atoms with Crippen molar-refractivity contribution < 1.29 is 9.52 Å². The number of para-hydroxylation sites is 1. The average Bonchev–Trinajstić information content (AvgIpc) is 2.97. The van der Waals surface area contributed by atoms with Gasteiger partial charge in [-0.05, 0) is 24.5 Å². The maximum atomic E-state index is 10.2. The summed E-state index contributed by atoms with van der Waals surface area (Å²) >= 11 is 6.07. The first-order chi connectivity index (χ1) is 8.74. The Balaban J connectivity index is 1.82. The lowest BCUT2D eigenvalue weighted by molar-refractivity contribution is 0.122. The molecule has 1 aliphatic carbocycles. The number of furan rings is 1. The standard InChI is InChI=1S/C15H17ClO2/c16-12-7-3-6-11-9-14(18-15(11)12)13(17)8-10-4-1-2-5-10/h3,6-7,9-10,13,17H,1-2,4-5,8H2. The van der Waals surface area contributed by atoms with Gasteiger partial charge in [-0.1, -0.05) is 49.4 Å². The third-order valence-corrected chi connectivity index (χ3v) is 4.17. The fourth-order valence-corrected chi connectivity index (χ4v) is 3.11. The monoisotopic (exact) mass is 264 g/mol. The first kappa shape index (κ1) is 12.1. The molecule has 0 amide bonds. The lowest BCUT2D eigenvalue weighted by atomic mass is 9.99. The molecule has 1 heterocycles. The lowest BCUT2D eigenvalue weighted by Crippen LogP contribution is -2.03. The normalized spacial score (nSPS) is 18.6. The van der Waals surface area contributed by atoms with Crippen molar-refractivity contribution in [1.82, 2.24) is 0 Å². The molecule has 3 heteroatoms. The van der Waals surface area contributed by atoms with Crippen molar-refractivity contribution in [2.24, 2.45) is 5.92 Å². The molecule has 0 spiro atoms. The van der Waals surface area contributed by atoms with Gasteiger partial charge in [-0.15, -0.1) is 0 Å². The molecule has 2 nitrogen and oxygen atoms in total. The maximum absolute atomic E-state index is 10.2. The lowest BCUT2D eigenvalue weighted by Gasteiger charge is -2.12. The Morgan fingerprint density at radius 3 is 2.83 bits per heavy atom. The van der Waals surface area contributed by atoms with Gasteiger partial charge in [0, 0.05) is 5.39 Å². The molecule has 0 saturated heterocycles. The third kappa shape index (κ3) is 2.27. The van der Waals surface area contributed by atoms with Crippen molar-refractivity contribution in [3.63, 3.8) is 0 Å². The van der Waals surface area contributed by atoms with Crippen LogP contribution in [0.15, 0.2) is 28.7 Å². The first-order valence-electron chi connectivity index (χ1n) is 6.60. The Bertz CT molecular complexity index is 540. The zero-order valence-corrected chi connectivity index (χ0v) is 11.0. The molecule has 0 radical (unpaired) electrons. The number of fused-ring (bicyclic) bond motifs is 1. The van der Waals surface area contributed by atoms with Gasteiger partial charge in [-0.3, -0.25) is 0 Å². The van der Waals surface area contributed by atoms with Crippen LogP contribution in [-0.2, 0) is 0 Å². The molecule has 1 atom stereocenters. The van der Waals surface area contributed by atoms with Gasteiger partial charge in [0.1, 0.15) is 11.9 Å². The molecule has 1 aromatic carbocycles. The summed E-state index contributed by atoms with van der Waals surface area (Å²) in [7, 11) is 0. The number of halogens is 1. The Hall–Kier alpha value is -0.990. The molecule has 18 heavy (non-hydrogen) atoms. The predicted octanol–water partition coefficient (Wildman–Crippen LogP) is 4.70. The van der Waals surface area contributed by atoms with Gasteiger partial charge in [0.15, 0.2) is 5.58 Å². The zero-order valence-electron chi connectivity index (χ0n) is 10.2. The molecule has 1 saturated carbocycles. The molecule has 1 aliphatic rings. The second-order valence-corrected chi connectivity index (χ2v) is 5.62. The number of benzene rings is 1. The number of rotatable bonds is 3. The fraction of sp³-hybridized carbons (Fsp3) is 0.467. The summed E-state index contributed by atoms with van der Waals surface area (Å²) in [5.74, 6) is 1.29. The summed E-state index contributed by atoms with van der Waals surface area (Å²) < 4.78 is 5.69. The van der Waals surface area contributed by atoms with Gasteiger partial charge in [0.25, 0.3) is 0 Å². The molecule has 0 bridgehead atoms. The van der Waals surface area contributed by atoms with E-state index in [0.29, 0.717) is 22.3 Å². The Labute approximate surface area is 112 Å². The van der Waals surface area contributed by atoms with Crippen LogP contribution in [0, 0.1) is 5.92 Å². The molecule has 96 valence electrons. The van der Waals surface area contributed by atoms with Crippen LogP contribution >= 0.6 is 11.6 Å². The number of aliphatic hydroxyl groups excluding tert-OH is 1. The van der Waals surface area contributed by atoms with E-state index in [0.717, 1.165) is 11.8 Å². The van der Waals surface area contributed by atoms with Crippen molar-refractivity contribution in [2.75, 3.05) is 0 Å². The highest BCUT2D eigenvalue weighted by molar-refractivity contribution is 6.34. The van der Waals surface area contributed by atoms with Gasteiger partial charge in [0.2, 0.25) is 0 Å². The Kier molecular flexibility index (Phi) is 3.31. The minimum absolute atomic E-state index is 0.503. The number of hydrogen-bond donors (Lipinski definition) is 1. The summed E-state index contributed by atoms with van der Waals surface area (Å²) in [6, 6.07) is 7.56. The highest BCUT2D eigenvalue weighted by atomic mass is 35.5. The van der Waals surface area contributed by atoms with Gasteiger partial charge in [0.05, 0.1) is 5.02 Å². The molecule has 3 rings (SSSR count). The van der Waals surface area contributed by atoms with Gasteiger partial charge in [-0.25, -0.2) is 0 Å². The molecule has 1 fully saturated rings. The van der Waals surface area contributed by atoms with Crippen molar-refractivity contribution in [3.05, 3.63) is 35.0 Å². The van der Waals surface area contributed by atoms with Crippen LogP contribution in [0.25, 0.3) is 11.0 Å². The van der Waals surface area contributed by atoms with Crippen LogP contribution in [0.3, 0.4) is 0 Å². The Morgan fingerprint density at radius 2 is 2.11 bits per heavy atom. The third-order valence-electron chi connectivity index (χ3n) is 3.87. The average molecular weight is 265 g/mol. The van der Waals surface area contributed by atoms with E-state index in [9.17, 15) is 5.11 Å². The van der Waals surface area contributed by atoms with E-state index in [1.807, 2.05) is 18.2 Å². The SMILES string of the molecule is OC(CC1CCCC1)c1cc2cccc(Cl)c2o1. The predicted molar refractivity (Wildman–Crippen MR) is 72.8 cm³/mol. The summed E-state index contributed by atoms with van der Waals surface area (Å²) in [6.45, 7) is 0. The second-order valence-electron chi connectivity index (χ2n) is 5.21. The van der Waals surface area contributed by atoms with Crippen LogP contribution < -0.4 is 0 Å². The molecule has 1 aromatic heterocycles. The molecular weight excluding hydrogens is 248 g/mol. The van der Waals surface area contributed by atoms with Crippen molar-refractivity contribution in [2.45, 2.75) is 38.2 Å². The van der Waals surface area contributed by atoms with Crippen LogP contribution in [-0.4, -0.2) is 5.11 Å². The highest BCUT2D eigenvalue weighted by Crippen LogP contribution is 2.35. The number of hydrogen-bond acceptors (Lipinski definition) is 2.